The van der Waals surface area contributed by atoms with E-state index in [0.717, 1.165) is 0 Å². The molecule has 6 nitrogen and oxygen atoms in total. The number of nitrogens with zero attached hydrogens (tertiary/aromatic N) is 2. The Kier molecular flexibility index (Phi) is 4.94. The third kappa shape index (κ3) is 3.26. The minimum Gasteiger partial charge on any atom is -0.480 e. The summed E-state index contributed by atoms with van der Waals surface area (Å²) in [6.07, 6.45) is 0.645. The molecule has 1 aromatic rings. The largest absolute Gasteiger partial charge is 0.480 e. The van der Waals surface area contributed by atoms with Crippen molar-refractivity contribution in [3.05, 3.63) is 16.4 Å². The van der Waals surface area contributed by atoms with Gasteiger partial charge in [0, 0.05) is 7.05 Å². The summed E-state index contributed by atoms with van der Waals surface area (Å²) in [6, 6.07) is -0.948. The molecule has 0 bridgehead atoms. The minimum atomic E-state index is -1.06. The monoisotopic (exact) mass is 287 g/mol. The van der Waals surface area contributed by atoms with Crippen molar-refractivity contribution < 1.29 is 14.7 Å². The average molecular weight is 288 g/mol. The van der Waals surface area contributed by atoms with Crippen molar-refractivity contribution in [2.24, 2.45) is 13.0 Å². The molecule has 1 aromatic heterocycles. The van der Waals surface area contributed by atoms with Crippen LogP contribution in [-0.2, 0) is 11.8 Å². The molecule has 1 amide bonds. The van der Waals surface area contributed by atoms with E-state index in [-0.39, 0.29) is 16.6 Å². The molecule has 0 aliphatic rings. The molecule has 1 rings (SSSR count). The lowest BCUT2D eigenvalue weighted by molar-refractivity contribution is -0.140. The van der Waals surface area contributed by atoms with E-state index in [1.54, 1.807) is 20.9 Å². The summed E-state index contributed by atoms with van der Waals surface area (Å²) in [7, 11) is 1.67. The highest BCUT2D eigenvalue weighted by Gasteiger charge is 2.28. The van der Waals surface area contributed by atoms with E-state index >= 15 is 0 Å². The fourth-order valence-electron chi connectivity index (χ4n) is 1.62. The normalized spacial score (nSPS) is 13.9. The van der Waals surface area contributed by atoms with Crippen LogP contribution in [0.1, 0.15) is 36.5 Å². The van der Waals surface area contributed by atoms with Gasteiger partial charge in [0.1, 0.15) is 6.04 Å². The lowest BCUT2D eigenvalue weighted by Crippen LogP contribution is -2.45. The Morgan fingerprint density at radius 1 is 1.53 bits per heavy atom. The summed E-state index contributed by atoms with van der Waals surface area (Å²) < 4.78 is 1.48. The van der Waals surface area contributed by atoms with E-state index < -0.39 is 17.9 Å². The molecule has 2 unspecified atom stereocenters. The quantitative estimate of drug-likeness (QED) is 0.862. The number of aryl methyl sites for hydroxylation is 1. The number of hydrogen-bond donors (Lipinski definition) is 2. The molecule has 0 saturated carbocycles. The van der Waals surface area contributed by atoms with Crippen LogP contribution in [0.5, 0.6) is 0 Å². The van der Waals surface area contributed by atoms with E-state index in [1.165, 1.54) is 4.68 Å². The fraction of sp³-hybridized carbons (Fsp3) is 0.583. The molecule has 0 aliphatic heterocycles. The van der Waals surface area contributed by atoms with Gasteiger partial charge in [-0.05, 0) is 12.8 Å². The van der Waals surface area contributed by atoms with Crippen LogP contribution < -0.4 is 5.32 Å². The Bertz CT molecular complexity index is 499. The van der Waals surface area contributed by atoms with Crippen molar-refractivity contribution in [1.29, 1.82) is 0 Å². The molecular weight excluding hydrogens is 270 g/mol. The number of hydrogen-bond acceptors (Lipinski definition) is 3. The SMILES string of the molecule is CCC(C)C(NC(=O)c1nn(C)c(C)c1Cl)C(=O)O. The Morgan fingerprint density at radius 2 is 2.11 bits per heavy atom. The predicted molar refractivity (Wildman–Crippen MR) is 71.3 cm³/mol. The van der Waals surface area contributed by atoms with E-state index in [1.807, 2.05) is 6.92 Å². The highest BCUT2D eigenvalue weighted by molar-refractivity contribution is 6.34. The van der Waals surface area contributed by atoms with Gasteiger partial charge < -0.3 is 10.4 Å². The van der Waals surface area contributed by atoms with Crippen LogP contribution in [0.25, 0.3) is 0 Å². The maximum atomic E-state index is 12.0. The average Bonchev–Trinajstić information content (AvgIpc) is 2.62. The van der Waals surface area contributed by atoms with Gasteiger partial charge in [0.25, 0.3) is 5.91 Å². The van der Waals surface area contributed by atoms with Crippen LogP contribution in [0.2, 0.25) is 5.02 Å². The summed E-state index contributed by atoms with van der Waals surface area (Å²) in [5.74, 6) is -1.81. The molecule has 19 heavy (non-hydrogen) atoms. The minimum absolute atomic E-state index is 0.0521. The molecule has 2 atom stereocenters. The maximum Gasteiger partial charge on any atom is 0.326 e. The Morgan fingerprint density at radius 3 is 2.47 bits per heavy atom. The highest BCUT2D eigenvalue weighted by atomic mass is 35.5. The molecule has 0 fully saturated rings. The number of carboxylic acid groups (broad SMARTS) is 1. The number of nitrogens with one attached hydrogen (secondary N) is 1. The van der Waals surface area contributed by atoms with Gasteiger partial charge in [0.15, 0.2) is 5.69 Å². The lowest BCUT2D eigenvalue weighted by Gasteiger charge is -2.19. The van der Waals surface area contributed by atoms with Crippen molar-refractivity contribution in [3.63, 3.8) is 0 Å². The second kappa shape index (κ2) is 6.06. The van der Waals surface area contributed by atoms with Crippen molar-refractivity contribution in [2.45, 2.75) is 33.2 Å². The Labute approximate surface area is 116 Å². The number of rotatable bonds is 5. The lowest BCUT2D eigenvalue weighted by atomic mass is 9.99. The number of aromatic nitrogens is 2. The summed E-state index contributed by atoms with van der Waals surface area (Å²) in [5.41, 5.74) is 0.707. The molecule has 2 N–H and O–H groups in total. The van der Waals surface area contributed by atoms with Crippen LogP contribution in [0.15, 0.2) is 0 Å². The number of aliphatic carboxylic acids is 1. The van der Waals surface area contributed by atoms with E-state index in [4.69, 9.17) is 16.7 Å². The van der Waals surface area contributed by atoms with Crippen molar-refractivity contribution in [3.8, 4) is 0 Å². The van der Waals surface area contributed by atoms with Crippen LogP contribution >= 0.6 is 11.6 Å². The molecule has 0 saturated heterocycles. The van der Waals surface area contributed by atoms with Crippen LogP contribution in [0.4, 0.5) is 0 Å². The second-order valence-corrected chi connectivity index (χ2v) is 4.92. The van der Waals surface area contributed by atoms with Gasteiger partial charge in [-0.15, -0.1) is 0 Å². The van der Waals surface area contributed by atoms with E-state index in [0.29, 0.717) is 12.1 Å². The first kappa shape index (κ1) is 15.5. The number of halogens is 1. The molecule has 106 valence electrons. The predicted octanol–water partition coefficient (Wildman–Crippen LogP) is 1.61. The maximum absolute atomic E-state index is 12.0. The molecule has 0 aliphatic carbocycles. The molecular formula is C12H18ClN3O3. The summed E-state index contributed by atoms with van der Waals surface area (Å²) in [5, 5.41) is 15.8. The zero-order chi connectivity index (χ0) is 14.7. The molecule has 1 heterocycles. The van der Waals surface area contributed by atoms with Gasteiger partial charge >= 0.3 is 5.97 Å². The summed E-state index contributed by atoms with van der Waals surface area (Å²) >= 11 is 5.99. The van der Waals surface area contributed by atoms with E-state index in [9.17, 15) is 9.59 Å². The van der Waals surface area contributed by atoms with Crippen molar-refractivity contribution in [1.82, 2.24) is 15.1 Å². The number of amides is 1. The molecule has 0 spiro atoms. The first-order chi connectivity index (χ1) is 8.79. The first-order valence-corrected chi connectivity index (χ1v) is 6.40. The van der Waals surface area contributed by atoms with Gasteiger partial charge in [-0.25, -0.2) is 4.79 Å². The zero-order valence-corrected chi connectivity index (χ0v) is 12.2. The van der Waals surface area contributed by atoms with Gasteiger partial charge in [0.2, 0.25) is 0 Å². The highest BCUT2D eigenvalue weighted by Crippen LogP contribution is 2.19. The third-order valence-electron chi connectivity index (χ3n) is 3.24. The van der Waals surface area contributed by atoms with E-state index in [2.05, 4.69) is 10.4 Å². The molecule has 7 heteroatoms. The molecule has 0 aromatic carbocycles. The number of carboxylic acids is 1. The second-order valence-electron chi connectivity index (χ2n) is 4.55. The topological polar surface area (TPSA) is 84.2 Å². The first-order valence-electron chi connectivity index (χ1n) is 6.02. The van der Waals surface area contributed by atoms with Crippen LogP contribution in [-0.4, -0.2) is 32.8 Å². The molecule has 0 radical (unpaired) electrons. The van der Waals surface area contributed by atoms with Gasteiger partial charge in [-0.2, -0.15) is 5.10 Å². The van der Waals surface area contributed by atoms with Crippen molar-refractivity contribution >= 4 is 23.5 Å². The Balaban J connectivity index is 2.94. The van der Waals surface area contributed by atoms with Crippen LogP contribution in [0, 0.1) is 12.8 Å². The summed E-state index contributed by atoms with van der Waals surface area (Å²) in [6.45, 7) is 5.37. The smallest absolute Gasteiger partial charge is 0.326 e. The fourth-order valence-corrected chi connectivity index (χ4v) is 1.87. The van der Waals surface area contributed by atoms with Gasteiger partial charge in [0.05, 0.1) is 10.7 Å². The Hall–Kier alpha value is -1.56. The zero-order valence-electron chi connectivity index (χ0n) is 11.4. The summed E-state index contributed by atoms with van der Waals surface area (Å²) in [4.78, 5) is 23.2. The standard InChI is InChI=1S/C12H18ClN3O3/c1-5-6(2)9(12(18)19)14-11(17)10-8(13)7(3)16(4)15-10/h6,9H,5H2,1-4H3,(H,14,17)(H,18,19). The van der Waals surface area contributed by atoms with Crippen molar-refractivity contribution in [2.75, 3.05) is 0 Å². The van der Waals surface area contributed by atoms with Gasteiger partial charge in [-0.3, -0.25) is 9.48 Å². The van der Waals surface area contributed by atoms with Gasteiger partial charge in [-0.1, -0.05) is 31.9 Å². The number of carbonyl (C=O) groups excluding carboxylic acids is 1. The number of carbonyl (C=O) groups is 2. The van der Waals surface area contributed by atoms with Crippen LogP contribution in [0.3, 0.4) is 0 Å². The third-order valence-corrected chi connectivity index (χ3v) is 3.69.